The number of hydrogen-bond acceptors (Lipinski definition) is 5. The number of nitro groups is 2. The topological polar surface area (TPSA) is 107 Å². The third kappa shape index (κ3) is 2.90. The van der Waals surface area contributed by atoms with Gasteiger partial charge in [0.25, 0.3) is 5.69 Å². The number of aromatic hydroxyl groups is 1. The number of phenolic OH excluding ortho intramolecular Hbond substituents is 1. The molecule has 17 heavy (non-hydrogen) atoms. The SMILES string of the molecule is CC(C)Cc1cc([N+](=O)[O-])cc([N+](=O)[O-])c1O. The van der Waals surface area contributed by atoms with E-state index in [1.165, 1.54) is 6.07 Å². The first-order valence-electron chi connectivity index (χ1n) is 4.97. The van der Waals surface area contributed by atoms with Crippen molar-refractivity contribution < 1.29 is 15.0 Å². The standard InChI is InChI=1S/C10H12N2O5/c1-6(2)3-7-4-8(11(14)15)5-9(10(7)13)12(16)17/h4-6,13H,3H2,1-2H3. The number of phenols is 1. The van der Waals surface area contributed by atoms with E-state index in [2.05, 4.69) is 0 Å². The molecule has 92 valence electrons. The van der Waals surface area contributed by atoms with Gasteiger partial charge in [0.1, 0.15) is 0 Å². The molecule has 1 rings (SSSR count). The summed E-state index contributed by atoms with van der Waals surface area (Å²) in [5, 5.41) is 30.9. The van der Waals surface area contributed by atoms with E-state index >= 15 is 0 Å². The Kier molecular flexibility index (Phi) is 3.62. The molecule has 1 aromatic rings. The number of non-ortho nitro benzene ring substituents is 1. The molecule has 1 aromatic carbocycles. The van der Waals surface area contributed by atoms with Crippen LogP contribution < -0.4 is 0 Å². The lowest BCUT2D eigenvalue weighted by Gasteiger charge is -2.07. The van der Waals surface area contributed by atoms with Crippen molar-refractivity contribution >= 4 is 11.4 Å². The van der Waals surface area contributed by atoms with Gasteiger partial charge in [-0.2, -0.15) is 0 Å². The monoisotopic (exact) mass is 240 g/mol. The molecule has 0 amide bonds. The van der Waals surface area contributed by atoms with E-state index in [4.69, 9.17) is 0 Å². The maximum absolute atomic E-state index is 10.7. The van der Waals surface area contributed by atoms with Crippen LogP contribution >= 0.6 is 0 Å². The molecular weight excluding hydrogens is 228 g/mol. The zero-order valence-electron chi connectivity index (χ0n) is 9.41. The van der Waals surface area contributed by atoms with Gasteiger partial charge < -0.3 is 5.11 Å². The Hall–Kier alpha value is -2.18. The van der Waals surface area contributed by atoms with E-state index < -0.39 is 21.3 Å². The summed E-state index contributed by atoms with van der Waals surface area (Å²) < 4.78 is 0. The van der Waals surface area contributed by atoms with E-state index in [-0.39, 0.29) is 17.2 Å². The van der Waals surface area contributed by atoms with Crippen molar-refractivity contribution in [2.24, 2.45) is 5.92 Å². The summed E-state index contributed by atoms with van der Waals surface area (Å²) in [4.78, 5) is 19.7. The maximum atomic E-state index is 10.7. The minimum atomic E-state index is -0.827. The predicted molar refractivity (Wildman–Crippen MR) is 60.0 cm³/mol. The van der Waals surface area contributed by atoms with E-state index in [0.29, 0.717) is 6.42 Å². The van der Waals surface area contributed by atoms with Gasteiger partial charge in [0.05, 0.1) is 15.9 Å². The van der Waals surface area contributed by atoms with Crippen LogP contribution in [0.1, 0.15) is 19.4 Å². The summed E-state index contributed by atoms with van der Waals surface area (Å²) in [6, 6.07) is 1.93. The Morgan fingerprint density at radius 3 is 2.24 bits per heavy atom. The van der Waals surface area contributed by atoms with Gasteiger partial charge in [0.2, 0.25) is 0 Å². The Morgan fingerprint density at radius 1 is 1.24 bits per heavy atom. The van der Waals surface area contributed by atoms with Gasteiger partial charge in [-0.15, -0.1) is 0 Å². The highest BCUT2D eigenvalue weighted by Gasteiger charge is 2.23. The molecular formula is C10H12N2O5. The number of benzene rings is 1. The maximum Gasteiger partial charge on any atom is 0.317 e. The fourth-order valence-corrected chi connectivity index (χ4v) is 1.50. The zero-order valence-corrected chi connectivity index (χ0v) is 9.41. The molecule has 0 saturated heterocycles. The molecule has 0 bridgehead atoms. The lowest BCUT2D eigenvalue weighted by molar-refractivity contribution is -0.394. The number of nitrogens with zero attached hydrogens (tertiary/aromatic N) is 2. The molecule has 0 aliphatic rings. The van der Waals surface area contributed by atoms with Crippen molar-refractivity contribution in [1.82, 2.24) is 0 Å². The minimum Gasteiger partial charge on any atom is -0.502 e. The summed E-state index contributed by atoms with van der Waals surface area (Å²) in [5.74, 6) is -0.364. The molecule has 1 N–H and O–H groups in total. The van der Waals surface area contributed by atoms with Crippen LogP contribution in [-0.4, -0.2) is 15.0 Å². The molecule has 0 unspecified atom stereocenters. The summed E-state index contributed by atoms with van der Waals surface area (Å²) in [7, 11) is 0. The van der Waals surface area contributed by atoms with E-state index in [1.807, 2.05) is 13.8 Å². The second kappa shape index (κ2) is 4.77. The summed E-state index contributed by atoms with van der Waals surface area (Å²) in [6.45, 7) is 3.70. The molecule has 0 atom stereocenters. The van der Waals surface area contributed by atoms with Gasteiger partial charge in [-0.25, -0.2) is 0 Å². The minimum absolute atomic E-state index is 0.127. The van der Waals surface area contributed by atoms with Crippen molar-refractivity contribution in [3.8, 4) is 5.75 Å². The predicted octanol–water partition coefficient (Wildman–Crippen LogP) is 2.41. The van der Waals surface area contributed by atoms with Crippen LogP contribution in [0.5, 0.6) is 5.75 Å². The highest BCUT2D eigenvalue weighted by atomic mass is 16.6. The van der Waals surface area contributed by atoms with Gasteiger partial charge in [0.15, 0.2) is 5.75 Å². The first-order valence-corrected chi connectivity index (χ1v) is 4.97. The van der Waals surface area contributed by atoms with E-state index in [1.54, 1.807) is 0 Å². The molecule has 0 heterocycles. The van der Waals surface area contributed by atoms with Gasteiger partial charge in [-0.1, -0.05) is 13.8 Å². The average Bonchev–Trinajstić information content (AvgIpc) is 2.19. The van der Waals surface area contributed by atoms with Crippen molar-refractivity contribution in [3.05, 3.63) is 37.9 Å². The van der Waals surface area contributed by atoms with Crippen LogP contribution in [-0.2, 0) is 6.42 Å². The number of rotatable bonds is 4. The van der Waals surface area contributed by atoms with Crippen LogP contribution in [0.15, 0.2) is 12.1 Å². The van der Waals surface area contributed by atoms with Gasteiger partial charge >= 0.3 is 5.69 Å². The lowest BCUT2D eigenvalue weighted by atomic mass is 10.0. The van der Waals surface area contributed by atoms with Crippen LogP contribution in [0.2, 0.25) is 0 Å². The Labute approximate surface area is 97.0 Å². The average molecular weight is 240 g/mol. The smallest absolute Gasteiger partial charge is 0.317 e. The Bertz CT molecular complexity index is 470. The fourth-order valence-electron chi connectivity index (χ4n) is 1.50. The van der Waals surface area contributed by atoms with Crippen LogP contribution in [0.3, 0.4) is 0 Å². The van der Waals surface area contributed by atoms with Gasteiger partial charge in [-0.05, 0) is 12.3 Å². The second-order valence-corrected chi connectivity index (χ2v) is 4.08. The largest absolute Gasteiger partial charge is 0.502 e. The molecule has 7 nitrogen and oxygen atoms in total. The normalized spacial score (nSPS) is 10.5. The van der Waals surface area contributed by atoms with Crippen molar-refractivity contribution in [1.29, 1.82) is 0 Å². The van der Waals surface area contributed by atoms with Crippen LogP contribution in [0.4, 0.5) is 11.4 Å². The highest BCUT2D eigenvalue weighted by Crippen LogP contribution is 2.35. The summed E-state index contributed by atoms with van der Waals surface area (Å²) in [6.07, 6.45) is 0.342. The highest BCUT2D eigenvalue weighted by molar-refractivity contribution is 5.57. The Balaban J connectivity index is 3.37. The van der Waals surface area contributed by atoms with Crippen molar-refractivity contribution in [2.75, 3.05) is 0 Å². The van der Waals surface area contributed by atoms with Gasteiger partial charge in [0, 0.05) is 11.6 Å². The zero-order chi connectivity index (χ0) is 13.2. The fraction of sp³-hybridized carbons (Fsp3) is 0.400. The van der Waals surface area contributed by atoms with E-state index in [9.17, 15) is 25.3 Å². The first kappa shape index (κ1) is 12.9. The quantitative estimate of drug-likeness (QED) is 0.642. The second-order valence-electron chi connectivity index (χ2n) is 4.08. The van der Waals surface area contributed by atoms with Crippen molar-refractivity contribution in [2.45, 2.75) is 20.3 Å². The third-order valence-electron chi connectivity index (χ3n) is 2.19. The molecule has 0 aromatic heterocycles. The molecule has 0 spiro atoms. The molecule has 0 aliphatic heterocycles. The number of nitro benzene ring substituents is 2. The molecule has 0 aliphatic carbocycles. The summed E-state index contributed by atoms with van der Waals surface area (Å²) >= 11 is 0. The van der Waals surface area contributed by atoms with E-state index in [0.717, 1.165) is 6.07 Å². The molecule has 0 saturated carbocycles. The van der Waals surface area contributed by atoms with Gasteiger partial charge in [-0.3, -0.25) is 20.2 Å². The Morgan fingerprint density at radius 2 is 1.82 bits per heavy atom. The number of hydrogen-bond donors (Lipinski definition) is 1. The van der Waals surface area contributed by atoms with Crippen molar-refractivity contribution in [3.63, 3.8) is 0 Å². The van der Waals surface area contributed by atoms with Crippen LogP contribution in [0, 0.1) is 26.1 Å². The van der Waals surface area contributed by atoms with Crippen LogP contribution in [0.25, 0.3) is 0 Å². The molecule has 0 fully saturated rings. The first-order chi connectivity index (χ1) is 7.82. The lowest BCUT2D eigenvalue weighted by Crippen LogP contribution is -2.00. The molecule has 0 radical (unpaired) electrons. The third-order valence-corrected chi connectivity index (χ3v) is 2.19. The summed E-state index contributed by atoms with van der Waals surface area (Å²) in [5.41, 5.74) is -0.791. The molecule has 7 heteroatoms.